The molecule has 0 bridgehead atoms. The van der Waals surface area contributed by atoms with Gasteiger partial charge in [-0.3, -0.25) is 4.79 Å². The van der Waals surface area contributed by atoms with Crippen molar-refractivity contribution in [2.45, 2.75) is 50.6 Å². The molecule has 3 N–H and O–H groups in total. The van der Waals surface area contributed by atoms with Crippen molar-refractivity contribution in [1.82, 2.24) is 10.2 Å². The highest BCUT2D eigenvalue weighted by Gasteiger charge is 2.31. The molecule has 0 aromatic rings. The fraction of sp³-hybridized carbons (Fsp3) is 0.917. The SMILES string of the molecule is NCCCC(=O)NC1CCN2CCCC2C1. The highest BCUT2D eigenvalue weighted by Crippen LogP contribution is 2.26. The summed E-state index contributed by atoms with van der Waals surface area (Å²) in [4.78, 5) is 14.2. The van der Waals surface area contributed by atoms with Crippen LogP contribution in [0.5, 0.6) is 0 Å². The molecule has 0 aromatic heterocycles. The summed E-state index contributed by atoms with van der Waals surface area (Å²) in [5.41, 5.74) is 5.39. The molecular weight excluding hydrogens is 202 g/mol. The van der Waals surface area contributed by atoms with Crippen LogP contribution in [0.4, 0.5) is 0 Å². The summed E-state index contributed by atoms with van der Waals surface area (Å²) in [6.07, 6.45) is 6.29. The van der Waals surface area contributed by atoms with Crippen LogP contribution in [0.15, 0.2) is 0 Å². The van der Waals surface area contributed by atoms with Crippen LogP contribution in [0.1, 0.15) is 38.5 Å². The minimum Gasteiger partial charge on any atom is -0.353 e. The van der Waals surface area contributed by atoms with Gasteiger partial charge in [-0.05, 0) is 45.2 Å². The van der Waals surface area contributed by atoms with E-state index in [-0.39, 0.29) is 5.91 Å². The number of nitrogens with zero attached hydrogens (tertiary/aromatic N) is 1. The molecule has 2 heterocycles. The molecule has 2 rings (SSSR count). The molecule has 2 atom stereocenters. The zero-order valence-corrected chi connectivity index (χ0v) is 9.95. The van der Waals surface area contributed by atoms with Crippen LogP contribution >= 0.6 is 0 Å². The Morgan fingerprint density at radius 1 is 1.38 bits per heavy atom. The van der Waals surface area contributed by atoms with Gasteiger partial charge in [-0.1, -0.05) is 0 Å². The molecule has 2 aliphatic heterocycles. The second-order valence-corrected chi connectivity index (χ2v) is 5.01. The van der Waals surface area contributed by atoms with Gasteiger partial charge in [0.2, 0.25) is 5.91 Å². The van der Waals surface area contributed by atoms with Crippen LogP contribution < -0.4 is 11.1 Å². The van der Waals surface area contributed by atoms with Crippen molar-refractivity contribution in [2.75, 3.05) is 19.6 Å². The molecule has 2 aliphatic rings. The summed E-state index contributed by atoms with van der Waals surface area (Å²) in [6.45, 7) is 3.03. The molecule has 16 heavy (non-hydrogen) atoms. The summed E-state index contributed by atoms with van der Waals surface area (Å²) < 4.78 is 0. The molecule has 2 unspecified atom stereocenters. The lowest BCUT2D eigenvalue weighted by Gasteiger charge is -2.35. The molecule has 0 spiro atoms. The van der Waals surface area contributed by atoms with E-state index in [9.17, 15) is 4.79 Å². The number of piperidine rings is 1. The Morgan fingerprint density at radius 2 is 2.25 bits per heavy atom. The predicted molar refractivity (Wildman–Crippen MR) is 64.0 cm³/mol. The zero-order valence-electron chi connectivity index (χ0n) is 9.95. The van der Waals surface area contributed by atoms with Crippen molar-refractivity contribution >= 4 is 5.91 Å². The van der Waals surface area contributed by atoms with Gasteiger partial charge in [-0.25, -0.2) is 0 Å². The molecule has 4 heteroatoms. The minimum absolute atomic E-state index is 0.182. The van der Waals surface area contributed by atoms with E-state index in [0.717, 1.165) is 31.8 Å². The number of hydrogen-bond acceptors (Lipinski definition) is 3. The van der Waals surface area contributed by atoms with Gasteiger partial charge >= 0.3 is 0 Å². The van der Waals surface area contributed by atoms with Gasteiger partial charge in [0.25, 0.3) is 0 Å². The Balaban J connectivity index is 1.72. The van der Waals surface area contributed by atoms with Crippen LogP contribution in [-0.4, -0.2) is 42.5 Å². The van der Waals surface area contributed by atoms with Gasteiger partial charge in [-0.2, -0.15) is 0 Å². The lowest BCUT2D eigenvalue weighted by atomic mass is 9.97. The van der Waals surface area contributed by atoms with E-state index < -0.39 is 0 Å². The second kappa shape index (κ2) is 5.64. The van der Waals surface area contributed by atoms with E-state index in [2.05, 4.69) is 10.2 Å². The molecule has 92 valence electrons. The van der Waals surface area contributed by atoms with E-state index in [1.54, 1.807) is 0 Å². The highest BCUT2D eigenvalue weighted by atomic mass is 16.1. The van der Waals surface area contributed by atoms with Crippen molar-refractivity contribution in [2.24, 2.45) is 5.73 Å². The standard InChI is InChI=1S/C12H23N3O/c13-6-1-4-12(16)14-10-5-8-15-7-2-3-11(15)9-10/h10-11H,1-9,13H2,(H,14,16). The van der Waals surface area contributed by atoms with Crippen molar-refractivity contribution in [3.05, 3.63) is 0 Å². The van der Waals surface area contributed by atoms with E-state index in [1.807, 2.05) is 0 Å². The average Bonchev–Trinajstić information content (AvgIpc) is 2.73. The first kappa shape index (κ1) is 11.9. The van der Waals surface area contributed by atoms with Crippen molar-refractivity contribution in [3.8, 4) is 0 Å². The summed E-state index contributed by atoms with van der Waals surface area (Å²) in [6, 6.07) is 1.14. The molecule has 2 saturated heterocycles. The summed E-state index contributed by atoms with van der Waals surface area (Å²) in [7, 11) is 0. The van der Waals surface area contributed by atoms with Gasteiger partial charge < -0.3 is 16.0 Å². The molecule has 0 aliphatic carbocycles. The van der Waals surface area contributed by atoms with Gasteiger partial charge in [0.15, 0.2) is 0 Å². The number of carbonyl (C=O) groups is 1. The number of carbonyl (C=O) groups excluding carboxylic acids is 1. The Hall–Kier alpha value is -0.610. The maximum absolute atomic E-state index is 11.6. The Morgan fingerprint density at radius 3 is 3.06 bits per heavy atom. The molecule has 0 aromatic carbocycles. The summed E-state index contributed by atoms with van der Waals surface area (Å²) in [5.74, 6) is 0.182. The lowest BCUT2D eigenvalue weighted by Crippen LogP contribution is -2.47. The Kier molecular flexibility index (Phi) is 4.18. The van der Waals surface area contributed by atoms with Gasteiger partial charge in [0.05, 0.1) is 0 Å². The van der Waals surface area contributed by atoms with Crippen LogP contribution in [0, 0.1) is 0 Å². The Bertz CT molecular complexity index is 244. The molecule has 4 nitrogen and oxygen atoms in total. The first-order valence-electron chi connectivity index (χ1n) is 6.53. The second-order valence-electron chi connectivity index (χ2n) is 5.01. The maximum atomic E-state index is 11.6. The zero-order chi connectivity index (χ0) is 11.4. The number of fused-ring (bicyclic) bond motifs is 1. The van der Waals surface area contributed by atoms with E-state index in [0.29, 0.717) is 19.0 Å². The van der Waals surface area contributed by atoms with E-state index in [4.69, 9.17) is 5.73 Å². The van der Waals surface area contributed by atoms with Crippen molar-refractivity contribution in [3.63, 3.8) is 0 Å². The molecule has 0 saturated carbocycles. The summed E-state index contributed by atoms with van der Waals surface area (Å²) in [5, 5.41) is 3.15. The van der Waals surface area contributed by atoms with Gasteiger partial charge in [0.1, 0.15) is 0 Å². The van der Waals surface area contributed by atoms with Crippen molar-refractivity contribution in [1.29, 1.82) is 0 Å². The van der Waals surface area contributed by atoms with E-state index >= 15 is 0 Å². The number of nitrogens with two attached hydrogens (primary N) is 1. The summed E-state index contributed by atoms with van der Waals surface area (Å²) >= 11 is 0. The first-order valence-corrected chi connectivity index (χ1v) is 6.53. The average molecular weight is 225 g/mol. The van der Waals surface area contributed by atoms with Gasteiger partial charge in [-0.15, -0.1) is 0 Å². The maximum Gasteiger partial charge on any atom is 0.220 e. The monoisotopic (exact) mass is 225 g/mol. The molecule has 2 fully saturated rings. The highest BCUT2D eigenvalue weighted by molar-refractivity contribution is 5.76. The van der Waals surface area contributed by atoms with E-state index in [1.165, 1.54) is 19.4 Å². The van der Waals surface area contributed by atoms with Crippen LogP contribution in [0.3, 0.4) is 0 Å². The van der Waals surface area contributed by atoms with Crippen LogP contribution in [0.2, 0.25) is 0 Å². The Labute approximate surface area is 97.6 Å². The quantitative estimate of drug-likeness (QED) is 0.731. The molecule has 1 amide bonds. The van der Waals surface area contributed by atoms with Crippen LogP contribution in [-0.2, 0) is 4.79 Å². The van der Waals surface area contributed by atoms with Crippen molar-refractivity contribution < 1.29 is 4.79 Å². The number of nitrogens with one attached hydrogen (secondary N) is 1. The number of hydrogen-bond donors (Lipinski definition) is 2. The number of rotatable bonds is 4. The molecule has 0 radical (unpaired) electrons. The third-order valence-electron chi connectivity index (χ3n) is 3.79. The fourth-order valence-corrected chi connectivity index (χ4v) is 2.92. The predicted octanol–water partition coefficient (Wildman–Crippen LogP) is 0.468. The topological polar surface area (TPSA) is 58.4 Å². The lowest BCUT2D eigenvalue weighted by molar-refractivity contribution is -0.122. The molecular formula is C12H23N3O. The first-order chi connectivity index (χ1) is 7.79. The minimum atomic E-state index is 0.182. The normalized spacial score (nSPS) is 30.1. The largest absolute Gasteiger partial charge is 0.353 e. The van der Waals surface area contributed by atoms with Gasteiger partial charge in [0, 0.05) is 25.0 Å². The van der Waals surface area contributed by atoms with Crippen LogP contribution in [0.25, 0.3) is 0 Å². The number of amides is 1. The fourth-order valence-electron chi connectivity index (χ4n) is 2.92. The smallest absolute Gasteiger partial charge is 0.220 e. The third-order valence-corrected chi connectivity index (χ3v) is 3.79. The third kappa shape index (κ3) is 2.95.